The first-order valence-corrected chi connectivity index (χ1v) is 4.34. The van der Waals surface area contributed by atoms with Gasteiger partial charge in [-0.1, -0.05) is 6.07 Å². The van der Waals surface area contributed by atoms with Gasteiger partial charge in [0.1, 0.15) is 0 Å². The average molecular weight is 216 g/mol. The van der Waals surface area contributed by atoms with Gasteiger partial charge in [-0.25, -0.2) is 4.79 Å². The minimum atomic E-state index is -0.193. The van der Waals surface area contributed by atoms with Crippen LogP contribution in [-0.4, -0.2) is 12.6 Å². The average Bonchev–Trinajstić information content (AvgIpc) is 2.09. The lowest BCUT2D eigenvalue weighted by molar-refractivity contribution is -0.691. The summed E-state index contributed by atoms with van der Waals surface area (Å²) in [5.41, 5.74) is 1.05. The molecule has 14 heavy (non-hydrogen) atoms. The van der Waals surface area contributed by atoms with Crippen molar-refractivity contribution in [2.24, 2.45) is 0 Å². The van der Waals surface area contributed by atoms with Crippen LogP contribution in [0.25, 0.3) is 0 Å². The fraction of sp³-hybridized carbons (Fsp3) is 0.400. The Morgan fingerprint density at radius 2 is 2.21 bits per heavy atom. The number of rotatable bonds is 3. The lowest BCUT2D eigenvalue weighted by Gasteiger charge is -1.99. The van der Waals surface area contributed by atoms with Gasteiger partial charge in [0.25, 0.3) is 0 Å². The zero-order chi connectivity index (χ0) is 9.68. The number of halogens is 1. The third-order valence-corrected chi connectivity index (χ3v) is 1.77. The van der Waals surface area contributed by atoms with Crippen LogP contribution in [0.1, 0.15) is 12.6 Å². The van der Waals surface area contributed by atoms with Gasteiger partial charge in [0, 0.05) is 19.1 Å². The van der Waals surface area contributed by atoms with Crippen LogP contribution in [-0.2, 0) is 16.1 Å². The number of hydrogen-bond donors (Lipinski definition) is 0. The summed E-state index contributed by atoms with van der Waals surface area (Å²) in [6.45, 7) is 4.49. The lowest BCUT2D eigenvalue weighted by atomic mass is 10.3. The molecule has 0 saturated carbocycles. The third-order valence-electron chi connectivity index (χ3n) is 1.77. The van der Waals surface area contributed by atoms with Gasteiger partial charge in [-0.05, 0) is 6.92 Å². The fourth-order valence-electron chi connectivity index (χ4n) is 1.08. The van der Waals surface area contributed by atoms with Gasteiger partial charge in [-0.15, -0.1) is 0 Å². The first-order valence-electron chi connectivity index (χ1n) is 4.34. The highest BCUT2D eigenvalue weighted by Gasteiger charge is 2.11. The van der Waals surface area contributed by atoms with Crippen LogP contribution >= 0.6 is 0 Å². The number of carbonyl (C=O) groups excluding carboxylic acids is 1. The van der Waals surface area contributed by atoms with Crippen molar-refractivity contribution in [1.82, 2.24) is 0 Å². The molecule has 0 amide bonds. The van der Waals surface area contributed by atoms with E-state index in [-0.39, 0.29) is 18.4 Å². The quantitative estimate of drug-likeness (QED) is 0.425. The number of aromatic nitrogens is 1. The molecular formula is C10H14ClNO2. The number of nitrogens with zero attached hydrogens (tertiary/aromatic N) is 1. The molecule has 0 fully saturated rings. The fourth-order valence-corrected chi connectivity index (χ4v) is 1.08. The molecule has 0 aromatic carbocycles. The molecule has 3 nitrogen and oxygen atoms in total. The second kappa shape index (κ2) is 6.38. The van der Waals surface area contributed by atoms with Crippen molar-refractivity contribution in [3.63, 3.8) is 0 Å². The van der Waals surface area contributed by atoms with Crippen molar-refractivity contribution >= 4 is 5.97 Å². The van der Waals surface area contributed by atoms with Gasteiger partial charge in [-0.2, -0.15) is 4.57 Å². The van der Waals surface area contributed by atoms with Crippen molar-refractivity contribution in [3.05, 3.63) is 30.1 Å². The maximum Gasteiger partial charge on any atom is 0.372 e. The van der Waals surface area contributed by atoms with Gasteiger partial charge in [-0.3, -0.25) is 0 Å². The van der Waals surface area contributed by atoms with E-state index in [1.165, 1.54) is 0 Å². The molecule has 0 atom stereocenters. The molecule has 1 aromatic heterocycles. The summed E-state index contributed by atoms with van der Waals surface area (Å²) >= 11 is 0. The minimum Gasteiger partial charge on any atom is -1.00 e. The van der Waals surface area contributed by atoms with E-state index in [4.69, 9.17) is 4.74 Å². The highest BCUT2D eigenvalue weighted by molar-refractivity contribution is 5.67. The van der Waals surface area contributed by atoms with Crippen LogP contribution in [0.2, 0.25) is 0 Å². The Labute approximate surface area is 90.1 Å². The Hall–Kier alpha value is -1.09. The summed E-state index contributed by atoms with van der Waals surface area (Å²) in [5.74, 6) is -0.193. The van der Waals surface area contributed by atoms with Crippen LogP contribution in [0.15, 0.2) is 24.4 Å². The standard InChI is InChI=1S/C10H14NO2.ClH/c1-3-13-10(12)8-11-7-5-4-6-9(11)2;/h4-7H,3,8H2,1-2H3;1H/q+1;/p-1. The lowest BCUT2D eigenvalue weighted by Crippen LogP contribution is -3.00. The van der Waals surface area contributed by atoms with Gasteiger partial charge in [0.05, 0.1) is 6.61 Å². The van der Waals surface area contributed by atoms with Crippen molar-refractivity contribution in [2.75, 3.05) is 6.61 Å². The highest BCUT2D eigenvalue weighted by atomic mass is 35.5. The molecule has 1 rings (SSSR count). The predicted octanol–water partition coefficient (Wildman–Crippen LogP) is -2.15. The Bertz CT molecular complexity index is 302. The van der Waals surface area contributed by atoms with Crippen molar-refractivity contribution in [1.29, 1.82) is 0 Å². The van der Waals surface area contributed by atoms with E-state index >= 15 is 0 Å². The molecule has 0 radical (unpaired) electrons. The number of pyridine rings is 1. The van der Waals surface area contributed by atoms with Crippen molar-refractivity contribution < 1.29 is 26.5 Å². The summed E-state index contributed by atoms with van der Waals surface area (Å²) in [4.78, 5) is 11.1. The van der Waals surface area contributed by atoms with Crippen molar-refractivity contribution in [3.8, 4) is 0 Å². The highest BCUT2D eigenvalue weighted by Crippen LogP contribution is 1.88. The number of esters is 1. The largest absolute Gasteiger partial charge is 1.00 e. The van der Waals surface area contributed by atoms with Gasteiger partial charge in [0.2, 0.25) is 6.54 Å². The van der Waals surface area contributed by atoms with Crippen LogP contribution in [0.3, 0.4) is 0 Å². The smallest absolute Gasteiger partial charge is 0.372 e. The van der Waals surface area contributed by atoms with E-state index in [0.717, 1.165) is 5.69 Å². The molecule has 0 aliphatic rings. The van der Waals surface area contributed by atoms with Crippen LogP contribution in [0, 0.1) is 6.92 Å². The monoisotopic (exact) mass is 215 g/mol. The summed E-state index contributed by atoms with van der Waals surface area (Å²) in [5, 5.41) is 0. The van der Waals surface area contributed by atoms with Crippen molar-refractivity contribution in [2.45, 2.75) is 20.4 Å². The molecule has 4 heteroatoms. The van der Waals surface area contributed by atoms with E-state index in [9.17, 15) is 4.79 Å². The molecule has 0 aliphatic carbocycles. The van der Waals surface area contributed by atoms with E-state index in [1.54, 1.807) is 6.92 Å². The number of ether oxygens (including phenoxy) is 1. The zero-order valence-electron chi connectivity index (χ0n) is 8.37. The second-order valence-corrected chi connectivity index (χ2v) is 2.77. The molecule has 1 aromatic rings. The molecule has 0 bridgehead atoms. The summed E-state index contributed by atoms with van der Waals surface area (Å²) in [6.07, 6.45) is 1.87. The van der Waals surface area contributed by atoms with Crippen LogP contribution in [0.4, 0.5) is 0 Å². The maximum atomic E-state index is 11.1. The molecule has 0 aliphatic heterocycles. The van der Waals surface area contributed by atoms with E-state index < -0.39 is 0 Å². The van der Waals surface area contributed by atoms with Gasteiger partial charge >= 0.3 is 5.97 Å². The van der Waals surface area contributed by atoms with E-state index in [1.807, 2.05) is 35.9 Å². The number of hydrogen-bond acceptors (Lipinski definition) is 2. The molecular weight excluding hydrogens is 202 g/mol. The molecule has 1 heterocycles. The van der Waals surface area contributed by atoms with E-state index in [0.29, 0.717) is 13.2 Å². The Kier molecular flexibility index (Phi) is 5.88. The molecule has 0 unspecified atom stereocenters. The topological polar surface area (TPSA) is 30.2 Å². The number of carbonyl (C=O) groups is 1. The predicted molar refractivity (Wildman–Crippen MR) is 48.0 cm³/mol. The second-order valence-electron chi connectivity index (χ2n) is 2.77. The molecule has 78 valence electrons. The Morgan fingerprint density at radius 3 is 2.79 bits per heavy atom. The van der Waals surface area contributed by atoms with E-state index in [2.05, 4.69) is 0 Å². The Balaban J connectivity index is 0.00000169. The summed E-state index contributed by atoms with van der Waals surface area (Å²) in [6, 6.07) is 5.79. The summed E-state index contributed by atoms with van der Waals surface area (Å²) < 4.78 is 6.70. The summed E-state index contributed by atoms with van der Waals surface area (Å²) in [7, 11) is 0. The van der Waals surface area contributed by atoms with Gasteiger partial charge in [0.15, 0.2) is 11.9 Å². The van der Waals surface area contributed by atoms with Crippen LogP contribution in [0.5, 0.6) is 0 Å². The molecule has 0 spiro atoms. The zero-order valence-corrected chi connectivity index (χ0v) is 9.12. The number of aryl methyl sites for hydroxylation is 1. The third kappa shape index (κ3) is 3.75. The first kappa shape index (κ1) is 12.9. The Morgan fingerprint density at radius 1 is 1.50 bits per heavy atom. The maximum absolute atomic E-state index is 11.1. The van der Waals surface area contributed by atoms with Gasteiger partial charge < -0.3 is 17.1 Å². The molecule has 0 saturated heterocycles. The SMILES string of the molecule is CCOC(=O)C[n+]1ccccc1C.[Cl-]. The minimum absolute atomic E-state index is 0. The normalized spacial score (nSPS) is 9.00. The first-order chi connectivity index (χ1) is 6.24. The molecule has 0 N–H and O–H groups in total. The van der Waals surface area contributed by atoms with Crippen LogP contribution < -0.4 is 17.0 Å².